The summed E-state index contributed by atoms with van der Waals surface area (Å²) in [6.07, 6.45) is 2.84. The second-order valence-electron chi connectivity index (χ2n) is 5.28. The SMILES string of the molecule is CC(CNC(=O)OC(C)(C)C)Nc1cnccc1Cl. The molecule has 0 radical (unpaired) electrons. The molecule has 0 saturated carbocycles. The molecule has 0 bridgehead atoms. The molecule has 0 fully saturated rings. The van der Waals surface area contributed by atoms with Crippen LogP contribution >= 0.6 is 11.6 Å². The van der Waals surface area contributed by atoms with E-state index in [1.165, 1.54) is 0 Å². The molecule has 5 nitrogen and oxygen atoms in total. The van der Waals surface area contributed by atoms with Crippen molar-refractivity contribution in [2.75, 3.05) is 11.9 Å². The Kier molecular flexibility index (Phi) is 5.42. The van der Waals surface area contributed by atoms with E-state index in [0.717, 1.165) is 5.69 Å². The molecule has 0 aliphatic heterocycles. The Balaban J connectivity index is 2.38. The summed E-state index contributed by atoms with van der Waals surface area (Å²) in [5.74, 6) is 0. The minimum absolute atomic E-state index is 0.00854. The maximum Gasteiger partial charge on any atom is 0.407 e. The zero-order chi connectivity index (χ0) is 14.5. The van der Waals surface area contributed by atoms with Crippen LogP contribution in [0, 0.1) is 0 Å². The molecule has 1 aromatic heterocycles. The number of halogens is 1. The Morgan fingerprint density at radius 2 is 2.21 bits per heavy atom. The van der Waals surface area contributed by atoms with Crippen molar-refractivity contribution in [2.45, 2.75) is 39.3 Å². The number of hydrogen-bond acceptors (Lipinski definition) is 4. The van der Waals surface area contributed by atoms with Crippen LogP contribution in [0.25, 0.3) is 0 Å². The van der Waals surface area contributed by atoms with Gasteiger partial charge in [-0.15, -0.1) is 0 Å². The zero-order valence-corrected chi connectivity index (χ0v) is 12.4. The van der Waals surface area contributed by atoms with Crippen molar-refractivity contribution < 1.29 is 9.53 Å². The zero-order valence-electron chi connectivity index (χ0n) is 11.7. The quantitative estimate of drug-likeness (QED) is 0.892. The Labute approximate surface area is 118 Å². The number of alkyl carbamates (subject to hydrolysis) is 1. The van der Waals surface area contributed by atoms with Crippen LogP contribution in [0.3, 0.4) is 0 Å². The van der Waals surface area contributed by atoms with Gasteiger partial charge in [0.15, 0.2) is 0 Å². The normalized spacial score (nSPS) is 12.7. The van der Waals surface area contributed by atoms with Gasteiger partial charge in [-0.3, -0.25) is 4.98 Å². The summed E-state index contributed by atoms with van der Waals surface area (Å²) in [6.45, 7) is 7.83. The van der Waals surface area contributed by atoms with Crippen LogP contribution in [0.15, 0.2) is 18.5 Å². The van der Waals surface area contributed by atoms with Gasteiger partial charge in [-0.25, -0.2) is 4.79 Å². The number of carbonyl (C=O) groups is 1. The van der Waals surface area contributed by atoms with Crippen LogP contribution in [-0.4, -0.2) is 29.3 Å². The van der Waals surface area contributed by atoms with Crippen molar-refractivity contribution >= 4 is 23.4 Å². The van der Waals surface area contributed by atoms with Crippen molar-refractivity contribution in [3.8, 4) is 0 Å². The summed E-state index contributed by atoms with van der Waals surface area (Å²) in [5, 5.41) is 6.45. The van der Waals surface area contributed by atoms with Gasteiger partial charge < -0.3 is 15.4 Å². The van der Waals surface area contributed by atoms with Crippen LogP contribution < -0.4 is 10.6 Å². The van der Waals surface area contributed by atoms with Crippen molar-refractivity contribution in [3.05, 3.63) is 23.5 Å². The van der Waals surface area contributed by atoms with Crippen molar-refractivity contribution in [3.63, 3.8) is 0 Å². The number of rotatable bonds is 4. The standard InChI is InChI=1S/C13H20ClN3O2/c1-9(7-16-12(18)19-13(2,3)4)17-11-8-15-6-5-10(11)14/h5-6,8-9,17H,7H2,1-4H3,(H,16,18). The van der Waals surface area contributed by atoms with E-state index in [1.807, 2.05) is 27.7 Å². The molecule has 6 heteroatoms. The lowest BCUT2D eigenvalue weighted by atomic mass is 10.2. The molecule has 2 N–H and O–H groups in total. The minimum Gasteiger partial charge on any atom is -0.444 e. The number of ether oxygens (including phenoxy) is 1. The monoisotopic (exact) mass is 285 g/mol. The van der Waals surface area contributed by atoms with E-state index in [-0.39, 0.29) is 6.04 Å². The van der Waals surface area contributed by atoms with Crippen molar-refractivity contribution in [2.24, 2.45) is 0 Å². The van der Waals surface area contributed by atoms with E-state index >= 15 is 0 Å². The van der Waals surface area contributed by atoms with Gasteiger partial charge in [0.1, 0.15) is 5.60 Å². The molecule has 1 atom stereocenters. The van der Waals surface area contributed by atoms with Gasteiger partial charge in [0.05, 0.1) is 16.9 Å². The first-order chi connectivity index (χ1) is 8.78. The third-order valence-electron chi connectivity index (χ3n) is 2.12. The summed E-state index contributed by atoms with van der Waals surface area (Å²) in [6, 6.07) is 1.71. The fourth-order valence-electron chi connectivity index (χ4n) is 1.35. The number of amides is 1. The number of pyridine rings is 1. The molecule has 0 aliphatic carbocycles. The molecule has 0 aliphatic rings. The largest absolute Gasteiger partial charge is 0.444 e. The average molecular weight is 286 g/mol. The molecular weight excluding hydrogens is 266 g/mol. The van der Waals surface area contributed by atoms with E-state index in [9.17, 15) is 4.79 Å². The van der Waals surface area contributed by atoms with E-state index in [4.69, 9.17) is 16.3 Å². The summed E-state index contributed by atoms with van der Waals surface area (Å²) >= 11 is 6.00. The number of carbonyl (C=O) groups excluding carboxylic acids is 1. The third-order valence-corrected chi connectivity index (χ3v) is 2.45. The molecule has 0 spiro atoms. The highest BCUT2D eigenvalue weighted by Crippen LogP contribution is 2.19. The summed E-state index contributed by atoms with van der Waals surface area (Å²) in [4.78, 5) is 15.5. The van der Waals surface area contributed by atoms with Crippen LogP contribution in [-0.2, 0) is 4.74 Å². The van der Waals surface area contributed by atoms with Crippen LogP contribution in [0.2, 0.25) is 5.02 Å². The third kappa shape index (κ3) is 6.29. The Morgan fingerprint density at radius 1 is 1.53 bits per heavy atom. The lowest BCUT2D eigenvalue weighted by Gasteiger charge is -2.21. The van der Waals surface area contributed by atoms with E-state index in [0.29, 0.717) is 11.6 Å². The predicted molar refractivity (Wildman–Crippen MR) is 76.6 cm³/mol. The maximum absolute atomic E-state index is 11.5. The predicted octanol–water partition coefficient (Wildman–Crippen LogP) is 3.06. The highest BCUT2D eigenvalue weighted by molar-refractivity contribution is 6.33. The molecule has 1 rings (SSSR count). The summed E-state index contributed by atoms with van der Waals surface area (Å²) < 4.78 is 5.15. The fraction of sp³-hybridized carbons (Fsp3) is 0.538. The minimum atomic E-state index is -0.493. The van der Waals surface area contributed by atoms with Crippen molar-refractivity contribution in [1.82, 2.24) is 10.3 Å². The highest BCUT2D eigenvalue weighted by Gasteiger charge is 2.16. The van der Waals surface area contributed by atoms with Crippen LogP contribution in [0.5, 0.6) is 0 Å². The lowest BCUT2D eigenvalue weighted by molar-refractivity contribution is 0.0526. The number of nitrogens with zero attached hydrogens (tertiary/aromatic N) is 1. The molecule has 1 aromatic rings. The molecule has 0 saturated heterocycles. The first-order valence-corrected chi connectivity index (χ1v) is 6.48. The van der Waals surface area contributed by atoms with E-state index < -0.39 is 11.7 Å². The first kappa shape index (κ1) is 15.6. The fourth-order valence-corrected chi connectivity index (χ4v) is 1.51. The number of nitrogens with one attached hydrogen (secondary N) is 2. The van der Waals surface area contributed by atoms with Gasteiger partial charge in [0, 0.05) is 18.8 Å². The number of anilines is 1. The van der Waals surface area contributed by atoms with Gasteiger partial charge in [-0.2, -0.15) is 0 Å². The van der Waals surface area contributed by atoms with Gasteiger partial charge >= 0.3 is 6.09 Å². The Bertz CT molecular complexity index is 432. The second-order valence-corrected chi connectivity index (χ2v) is 5.69. The molecule has 1 unspecified atom stereocenters. The summed E-state index contributed by atoms with van der Waals surface area (Å²) in [5.41, 5.74) is 0.246. The van der Waals surface area contributed by atoms with Gasteiger partial charge in [-0.05, 0) is 33.8 Å². The van der Waals surface area contributed by atoms with E-state index in [2.05, 4.69) is 15.6 Å². The summed E-state index contributed by atoms with van der Waals surface area (Å²) in [7, 11) is 0. The highest BCUT2D eigenvalue weighted by atomic mass is 35.5. The molecule has 19 heavy (non-hydrogen) atoms. The molecular formula is C13H20ClN3O2. The van der Waals surface area contributed by atoms with Crippen LogP contribution in [0.4, 0.5) is 10.5 Å². The van der Waals surface area contributed by atoms with E-state index in [1.54, 1.807) is 18.5 Å². The van der Waals surface area contributed by atoms with Gasteiger partial charge in [0.25, 0.3) is 0 Å². The Morgan fingerprint density at radius 3 is 2.79 bits per heavy atom. The van der Waals surface area contributed by atoms with Crippen LogP contribution in [0.1, 0.15) is 27.7 Å². The smallest absolute Gasteiger partial charge is 0.407 e. The number of hydrogen-bond donors (Lipinski definition) is 2. The molecule has 106 valence electrons. The average Bonchev–Trinajstić information content (AvgIpc) is 2.27. The van der Waals surface area contributed by atoms with Crippen molar-refractivity contribution in [1.29, 1.82) is 0 Å². The van der Waals surface area contributed by atoms with Gasteiger partial charge in [0.2, 0.25) is 0 Å². The molecule has 0 aromatic carbocycles. The Hall–Kier alpha value is -1.49. The first-order valence-electron chi connectivity index (χ1n) is 6.11. The molecule has 1 amide bonds. The number of aromatic nitrogens is 1. The topological polar surface area (TPSA) is 63.2 Å². The lowest BCUT2D eigenvalue weighted by Crippen LogP contribution is -2.38. The maximum atomic E-state index is 11.5. The van der Waals surface area contributed by atoms with Gasteiger partial charge in [-0.1, -0.05) is 11.6 Å². The second kappa shape index (κ2) is 6.61. The molecule has 1 heterocycles.